The van der Waals surface area contributed by atoms with E-state index in [2.05, 4.69) is 10.3 Å². The highest BCUT2D eigenvalue weighted by molar-refractivity contribution is 7.27. The fourth-order valence-electron chi connectivity index (χ4n) is 1.65. The molecule has 0 saturated carbocycles. The highest BCUT2D eigenvalue weighted by atomic mass is 32.1. The number of thiazole rings is 1. The number of benzene rings is 1. The van der Waals surface area contributed by atoms with Crippen LogP contribution in [0.3, 0.4) is 0 Å². The molecule has 1 aromatic carbocycles. The lowest BCUT2D eigenvalue weighted by Gasteiger charge is -2.04. The number of nitrogens with one attached hydrogen (secondary N) is 1. The van der Waals surface area contributed by atoms with Gasteiger partial charge in [-0.05, 0) is 30.3 Å². The first kappa shape index (κ1) is 12.1. The number of carbonyl (C=O) groups is 1. The molecular formula is C13H10N2O2S2. The Hall–Kier alpha value is -1.92. The molecule has 0 atom stereocenters. The van der Waals surface area contributed by atoms with E-state index in [-0.39, 0.29) is 5.91 Å². The van der Waals surface area contributed by atoms with Crippen molar-refractivity contribution in [3.05, 3.63) is 40.7 Å². The van der Waals surface area contributed by atoms with Crippen molar-refractivity contribution in [1.82, 2.24) is 4.98 Å². The lowest BCUT2D eigenvalue weighted by Crippen LogP contribution is -2.09. The van der Waals surface area contributed by atoms with E-state index in [0.717, 1.165) is 21.0 Å². The number of thiophene rings is 1. The first-order valence-electron chi connectivity index (χ1n) is 5.55. The summed E-state index contributed by atoms with van der Waals surface area (Å²) in [5.74, 6) is 0.652. The monoisotopic (exact) mass is 290 g/mol. The van der Waals surface area contributed by atoms with Crippen LogP contribution in [-0.4, -0.2) is 18.0 Å². The summed E-state index contributed by atoms with van der Waals surface area (Å²) in [5.41, 5.74) is 2.53. The number of fused-ring (bicyclic) bond motifs is 1. The average molecular weight is 290 g/mol. The second-order valence-electron chi connectivity index (χ2n) is 3.82. The third-order valence-corrected chi connectivity index (χ3v) is 4.55. The van der Waals surface area contributed by atoms with Gasteiger partial charge in [0.1, 0.15) is 10.6 Å². The number of carbonyl (C=O) groups excluding carboxylic acids is 1. The Balaban J connectivity index is 1.78. The fourth-order valence-corrected chi connectivity index (χ4v) is 3.46. The highest BCUT2D eigenvalue weighted by Crippen LogP contribution is 2.28. The largest absolute Gasteiger partial charge is 0.497 e. The van der Waals surface area contributed by atoms with Crippen molar-refractivity contribution in [3.63, 3.8) is 0 Å². The van der Waals surface area contributed by atoms with E-state index in [4.69, 9.17) is 4.74 Å². The summed E-state index contributed by atoms with van der Waals surface area (Å²) in [4.78, 5) is 17.9. The summed E-state index contributed by atoms with van der Waals surface area (Å²) in [7, 11) is 1.61. The molecule has 0 spiro atoms. The maximum absolute atomic E-state index is 12.1. The van der Waals surface area contributed by atoms with Crippen LogP contribution < -0.4 is 10.1 Å². The van der Waals surface area contributed by atoms with E-state index in [1.54, 1.807) is 12.6 Å². The second-order valence-corrected chi connectivity index (χ2v) is 5.73. The molecule has 96 valence electrons. The first-order chi connectivity index (χ1) is 9.26. The number of nitrogens with zero attached hydrogens (tertiary/aromatic N) is 1. The van der Waals surface area contributed by atoms with Crippen molar-refractivity contribution < 1.29 is 9.53 Å². The van der Waals surface area contributed by atoms with E-state index in [1.165, 1.54) is 22.7 Å². The zero-order chi connectivity index (χ0) is 13.2. The van der Waals surface area contributed by atoms with Crippen LogP contribution in [0.15, 0.2) is 35.8 Å². The number of amides is 1. The summed E-state index contributed by atoms with van der Waals surface area (Å²) in [5, 5.41) is 2.85. The summed E-state index contributed by atoms with van der Waals surface area (Å²) < 4.78 is 6.12. The van der Waals surface area contributed by atoms with Crippen molar-refractivity contribution in [2.75, 3.05) is 12.4 Å². The van der Waals surface area contributed by atoms with E-state index < -0.39 is 0 Å². The normalized spacial score (nSPS) is 10.6. The molecule has 4 nitrogen and oxygen atoms in total. The van der Waals surface area contributed by atoms with E-state index in [9.17, 15) is 4.79 Å². The van der Waals surface area contributed by atoms with Gasteiger partial charge in [0, 0.05) is 5.69 Å². The molecule has 0 radical (unpaired) electrons. The van der Waals surface area contributed by atoms with Gasteiger partial charge in [-0.15, -0.1) is 22.7 Å². The number of aromatic nitrogens is 1. The van der Waals surface area contributed by atoms with Crippen LogP contribution in [0.25, 0.3) is 9.53 Å². The smallest absolute Gasteiger partial charge is 0.265 e. The Morgan fingerprint density at radius 2 is 2.11 bits per heavy atom. The van der Waals surface area contributed by atoms with Gasteiger partial charge in [0.05, 0.1) is 22.2 Å². The van der Waals surface area contributed by atoms with Gasteiger partial charge in [0.15, 0.2) is 0 Å². The minimum absolute atomic E-state index is 0.111. The van der Waals surface area contributed by atoms with Gasteiger partial charge >= 0.3 is 0 Å². The van der Waals surface area contributed by atoms with Crippen LogP contribution in [0.1, 0.15) is 9.67 Å². The predicted molar refractivity (Wildman–Crippen MR) is 78.4 cm³/mol. The molecule has 0 bridgehead atoms. The van der Waals surface area contributed by atoms with Gasteiger partial charge in [-0.1, -0.05) is 0 Å². The SMILES string of the molecule is COc1ccc(NC(=O)c2cc3scnc3s2)cc1. The van der Waals surface area contributed by atoms with Gasteiger partial charge < -0.3 is 10.1 Å². The van der Waals surface area contributed by atoms with Crippen molar-refractivity contribution >= 4 is 43.8 Å². The van der Waals surface area contributed by atoms with Crippen molar-refractivity contribution in [2.24, 2.45) is 0 Å². The number of methoxy groups -OCH3 is 1. The number of hydrogen-bond donors (Lipinski definition) is 1. The molecule has 3 aromatic rings. The summed E-state index contributed by atoms with van der Waals surface area (Å²) in [6.07, 6.45) is 0. The van der Waals surface area contributed by atoms with E-state index in [1.807, 2.05) is 30.3 Å². The molecule has 6 heteroatoms. The summed E-state index contributed by atoms with van der Waals surface area (Å²) in [6.45, 7) is 0. The Kier molecular flexibility index (Phi) is 3.18. The molecule has 0 aliphatic rings. The molecule has 1 amide bonds. The maximum atomic E-state index is 12.1. The number of ether oxygens (including phenoxy) is 1. The standard InChI is InChI=1S/C13H10N2O2S2/c1-17-9-4-2-8(3-5-9)15-12(16)10-6-11-13(19-10)14-7-18-11/h2-7H,1H3,(H,15,16). The van der Waals surface area contributed by atoms with Gasteiger partial charge in [-0.2, -0.15) is 0 Å². The first-order valence-corrected chi connectivity index (χ1v) is 7.24. The second kappa shape index (κ2) is 4.99. The third kappa shape index (κ3) is 2.45. The molecule has 1 N–H and O–H groups in total. The summed E-state index contributed by atoms with van der Waals surface area (Å²) >= 11 is 2.94. The third-order valence-electron chi connectivity index (χ3n) is 2.60. The maximum Gasteiger partial charge on any atom is 0.265 e. The Morgan fingerprint density at radius 3 is 2.79 bits per heavy atom. The van der Waals surface area contributed by atoms with Crippen molar-refractivity contribution in [1.29, 1.82) is 0 Å². The van der Waals surface area contributed by atoms with Crippen LogP contribution in [0.2, 0.25) is 0 Å². The molecule has 0 aliphatic heterocycles. The Labute approximate surface area is 117 Å². The molecule has 0 aliphatic carbocycles. The minimum atomic E-state index is -0.111. The van der Waals surface area contributed by atoms with Gasteiger partial charge in [-0.25, -0.2) is 4.98 Å². The van der Waals surface area contributed by atoms with E-state index >= 15 is 0 Å². The van der Waals surface area contributed by atoms with Crippen LogP contribution in [0.5, 0.6) is 5.75 Å². The molecule has 19 heavy (non-hydrogen) atoms. The van der Waals surface area contributed by atoms with Crippen LogP contribution in [0.4, 0.5) is 5.69 Å². The quantitative estimate of drug-likeness (QED) is 0.801. The highest BCUT2D eigenvalue weighted by Gasteiger charge is 2.11. The zero-order valence-corrected chi connectivity index (χ0v) is 11.7. The lowest BCUT2D eigenvalue weighted by atomic mass is 10.3. The van der Waals surface area contributed by atoms with Crippen LogP contribution in [0, 0.1) is 0 Å². The fraction of sp³-hybridized carbons (Fsp3) is 0.0769. The lowest BCUT2D eigenvalue weighted by molar-refractivity contribution is 0.103. The molecular weight excluding hydrogens is 280 g/mol. The topological polar surface area (TPSA) is 51.2 Å². The van der Waals surface area contributed by atoms with Gasteiger partial charge in [-0.3, -0.25) is 4.79 Å². The van der Waals surface area contributed by atoms with Gasteiger partial charge in [0.2, 0.25) is 0 Å². The minimum Gasteiger partial charge on any atom is -0.497 e. The number of hydrogen-bond acceptors (Lipinski definition) is 5. The number of anilines is 1. The molecule has 2 aromatic heterocycles. The molecule has 0 saturated heterocycles. The van der Waals surface area contributed by atoms with Crippen molar-refractivity contribution in [2.45, 2.75) is 0 Å². The average Bonchev–Trinajstić information content (AvgIpc) is 3.00. The van der Waals surface area contributed by atoms with E-state index in [0.29, 0.717) is 4.88 Å². The van der Waals surface area contributed by atoms with Gasteiger partial charge in [0.25, 0.3) is 5.91 Å². The zero-order valence-electron chi connectivity index (χ0n) is 10.0. The Bertz CT molecular complexity index is 687. The summed E-state index contributed by atoms with van der Waals surface area (Å²) in [6, 6.07) is 9.11. The van der Waals surface area contributed by atoms with Crippen LogP contribution in [-0.2, 0) is 0 Å². The molecule has 3 rings (SSSR count). The Morgan fingerprint density at radius 1 is 1.32 bits per heavy atom. The number of rotatable bonds is 3. The predicted octanol–water partition coefficient (Wildman–Crippen LogP) is 3.62. The molecule has 2 heterocycles. The van der Waals surface area contributed by atoms with Crippen molar-refractivity contribution in [3.8, 4) is 5.75 Å². The van der Waals surface area contributed by atoms with Crippen LogP contribution >= 0.6 is 22.7 Å². The molecule has 0 unspecified atom stereocenters. The molecule has 0 fully saturated rings.